The van der Waals surface area contributed by atoms with Crippen molar-refractivity contribution in [3.63, 3.8) is 0 Å². The summed E-state index contributed by atoms with van der Waals surface area (Å²) >= 11 is 1.70. The molecule has 0 radical (unpaired) electrons. The van der Waals surface area contributed by atoms with E-state index in [4.69, 9.17) is 0 Å². The molecule has 0 aliphatic carbocycles. The molecule has 20 heavy (non-hydrogen) atoms. The second kappa shape index (κ2) is 5.31. The van der Waals surface area contributed by atoms with Gasteiger partial charge in [-0.25, -0.2) is 4.98 Å². The van der Waals surface area contributed by atoms with Crippen LogP contribution in [0.3, 0.4) is 0 Å². The van der Waals surface area contributed by atoms with Gasteiger partial charge in [0.1, 0.15) is 5.01 Å². The number of hydrogen-bond donors (Lipinski definition) is 1. The maximum atomic E-state index is 4.59. The van der Waals surface area contributed by atoms with Gasteiger partial charge in [-0.2, -0.15) is 0 Å². The Bertz CT molecular complexity index is 748. The van der Waals surface area contributed by atoms with Crippen molar-refractivity contribution in [2.24, 2.45) is 0 Å². The summed E-state index contributed by atoms with van der Waals surface area (Å²) in [6.07, 6.45) is 0. The van der Waals surface area contributed by atoms with E-state index in [9.17, 15) is 0 Å². The molecule has 0 fully saturated rings. The van der Waals surface area contributed by atoms with Crippen LogP contribution >= 0.6 is 11.3 Å². The van der Waals surface area contributed by atoms with Crippen LogP contribution in [0.4, 0.5) is 0 Å². The fourth-order valence-electron chi connectivity index (χ4n) is 2.36. The number of aromatic nitrogens is 2. The number of benzene rings is 1. The van der Waals surface area contributed by atoms with Gasteiger partial charge in [0.15, 0.2) is 0 Å². The predicted octanol–water partition coefficient (Wildman–Crippen LogP) is 3.62. The van der Waals surface area contributed by atoms with Crippen LogP contribution in [0.1, 0.15) is 28.0 Å². The zero-order valence-corrected chi connectivity index (χ0v) is 12.7. The number of rotatable bonds is 3. The van der Waals surface area contributed by atoms with E-state index < -0.39 is 0 Å². The summed E-state index contributed by atoms with van der Waals surface area (Å²) in [5.41, 5.74) is 4.38. The van der Waals surface area contributed by atoms with Crippen LogP contribution in [-0.4, -0.2) is 17.0 Å². The lowest BCUT2D eigenvalue weighted by molar-refractivity contribution is 0.685. The first-order valence-corrected chi connectivity index (χ1v) is 7.52. The van der Waals surface area contributed by atoms with E-state index in [1.807, 2.05) is 27.0 Å². The summed E-state index contributed by atoms with van der Waals surface area (Å²) in [6, 6.07) is 10.7. The smallest absolute Gasteiger partial charge is 0.114 e. The van der Waals surface area contributed by atoms with Gasteiger partial charge in [0.05, 0.1) is 11.6 Å². The minimum atomic E-state index is 0.138. The summed E-state index contributed by atoms with van der Waals surface area (Å²) in [7, 11) is 1.97. The molecule has 0 amide bonds. The number of nitrogens with zero attached hydrogens (tertiary/aromatic N) is 2. The zero-order chi connectivity index (χ0) is 14.1. The van der Waals surface area contributed by atoms with Crippen molar-refractivity contribution < 1.29 is 0 Å². The number of hydrogen-bond acceptors (Lipinski definition) is 4. The Morgan fingerprint density at radius 2 is 1.90 bits per heavy atom. The molecule has 0 saturated heterocycles. The lowest BCUT2D eigenvalue weighted by Crippen LogP contribution is -2.17. The van der Waals surface area contributed by atoms with E-state index in [0.717, 1.165) is 21.9 Å². The van der Waals surface area contributed by atoms with Gasteiger partial charge < -0.3 is 5.32 Å². The molecule has 3 rings (SSSR count). The Labute approximate surface area is 122 Å². The maximum Gasteiger partial charge on any atom is 0.114 e. The fourth-order valence-corrected chi connectivity index (χ4v) is 3.29. The predicted molar refractivity (Wildman–Crippen MR) is 84.2 cm³/mol. The average molecular weight is 283 g/mol. The van der Waals surface area contributed by atoms with Gasteiger partial charge in [0.2, 0.25) is 0 Å². The molecule has 0 aliphatic rings. The van der Waals surface area contributed by atoms with Crippen LogP contribution in [0, 0.1) is 13.8 Å². The largest absolute Gasteiger partial charge is 0.307 e. The van der Waals surface area contributed by atoms with Crippen molar-refractivity contribution in [3.05, 3.63) is 57.7 Å². The average Bonchev–Trinajstić information content (AvgIpc) is 2.86. The summed E-state index contributed by atoms with van der Waals surface area (Å²) in [6.45, 7) is 4.04. The Kier molecular flexibility index (Phi) is 3.51. The molecule has 1 atom stereocenters. The molecule has 4 heteroatoms. The molecule has 0 spiro atoms. The Morgan fingerprint density at radius 3 is 2.60 bits per heavy atom. The highest BCUT2D eigenvalue weighted by Crippen LogP contribution is 2.27. The van der Waals surface area contributed by atoms with Gasteiger partial charge in [0.25, 0.3) is 0 Å². The molecule has 0 bridgehead atoms. The first kappa shape index (κ1) is 13.2. The van der Waals surface area contributed by atoms with Crippen LogP contribution in [0.2, 0.25) is 0 Å². The van der Waals surface area contributed by atoms with Crippen molar-refractivity contribution in [1.29, 1.82) is 0 Å². The lowest BCUT2D eigenvalue weighted by Gasteiger charge is -2.14. The third-order valence-electron chi connectivity index (χ3n) is 3.36. The number of thiazole rings is 1. The van der Waals surface area contributed by atoms with Crippen LogP contribution in [0.15, 0.2) is 35.7 Å². The summed E-state index contributed by atoms with van der Waals surface area (Å²) in [5.74, 6) is 0. The van der Waals surface area contributed by atoms with E-state index in [1.54, 1.807) is 11.3 Å². The second-order valence-electron chi connectivity index (χ2n) is 4.95. The molecule has 0 saturated carbocycles. The molecule has 3 aromatic rings. The van der Waals surface area contributed by atoms with Crippen LogP contribution in [-0.2, 0) is 0 Å². The highest BCUT2D eigenvalue weighted by Gasteiger charge is 2.15. The van der Waals surface area contributed by atoms with Gasteiger partial charge in [-0.05, 0) is 44.7 Å². The molecular formula is C16H17N3S. The third kappa shape index (κ3) is 2.44. The minimum Gasteiger partial charge on any atom is -0.307 e. The molecule has 102 valence electrons. The zero-order valence-electron chi connectivity index (χ0n) is 11.8. The second-order valence-corrected chi connectivity index (χ2v) is 5.84. The van der Waals surface area contributed by atoms with Crippen molar-refractivity contribution in [3.8, 4) is 0 Å². The highest BCUT2D eigenvalue weighted by atomic mass is 32.1. The van der Waals surface area contributed by atoms with Crippen LogP contribution in [0.25, 0.3) is 10.9 Å². The number of fused-ring (bicyclic) bond motifs is 1. The Morgan fingerprint density at radius 1 is 1.05 bits per heavy atom. The van der Waals surface area contributed by atoms with Crippen molar-refractivity contribution >= 4 is 22.2 Å². The van der Waals surface area contributed by atoms with E-state index in [2.05, 4.69) is 44.9 Å². The minimum absolute atomic E-state index is 0.138. The summed E-state index contributed by atoms with van der Waals surface area (Å²) in [5, 5.41) is 7.71. The fraction of sp³-hybridized carbons (Fsp3) is 0.250. The molecule has 3 nitrogen and oxygen atoms in total. The SMILES string of the molecule is CNC(c1ccc2nc(C)ccc2c1)c1nc(C)cs1. The van der Waals surface area contributed by atoms with Gasteiger partial charge in [-0.1, -0.05) is 12.1 Å². The van der Waals surface area contributed by atoms with Crippen molar-refractivity contribution in [1.82, 2.24) is 15.3 Å². The molecule has 2 heterocycles. The van der Waals surface area contributed by atoms with Gasteiger partial charge >= 0.3 is 0 Å². The van der Waals surface area contributed by atoms with E-state index in [0.29, 0.717) is 0 Å². The van der Waals surface area contributed by atoms with Crippen LogP contribution in [0.5, 0.6) is 0 Å². The molecule has 2 aromatic heterocycles. The topological polar surface area (TPSA) is 37.8 Å². The molecule has 1 N–H and O–H groups in total. The van der Waals surface area contributed by atoms with Crippen LogP contribution < -0.4 is 5.32 Å². The maximum absolute atomic E-state index is 4.59. The highest BCUT2D eigenvalue weighted by molar-refractivity contribution is 7.09. The van der Waals surface area contributed by atoms with Gasteiger partial charge in [0, 0.05) is 22.2 Å². The first-order chi connectivity index (χ1) is 9.67. The number of nitrogens with one attached hydrogen (secondary N) is 1. The lowest BCUT2D eigenvalue weighted by atomic mass is 10.0. The van der Waals surface area contributed by atoms with Crippen molar-refractivity contribution in [2.45, 2.75) is 19.9 Å². The quantitative estimate of drug-likeness (QED) is 0.798. The van der Waals surface area contributed by atoms with E-state index in [-0.39, 0.29) is 6.04 Å². The van der Waals surface area contributed by atoms with Gasteiger partial charge in [-0.15, -0.1) is 11.3 Å². The molecule has 1 unspecified atom stereocenters. The molecular weight excluding hydrogens is 266 g/mol. The Hall–Kier alpha value is -1.78. The number of pyridine rings is 1. The third-order valence-corrected chi connectivity index (χ3v) is 4.39. The van der Waals surface area contributed by atoms with E-state index in [1.165, 1.54) is 10.9 Å². The van der Waals surface area contributed by atoms with Crippen molar-refractivity contribution in [2.75, 3.05) is 7.05 Å². The Balaban J connectivity index is 2.05. The summed E-state index contributed by atoms with van der Waals surface area (Å²) in [4.78, 5) is 9.14. The normalized spacial score (nSPS) is 12.8. The number of aryl methyl sites for hydroxylation is 2. The van der Waals surface area contributed by atoms with Gasteiger partial charge in [-0.3, -0.25) is 4.98 Å². The first-order valence-electron chi connectivity index (χ1n) is 6.64. The molecule has 0 aliphatic heterocycles. The monoisotopic (exact) mass is 283 g/mol. The standard InChI is InChI=1S/C16H17N3S/c1-10-4-5-12-8-13(6-7-14(12)18-10)15(17-3)16-19-11(2)9-20-16/h4-9,15,17H,1-3H3. The summed E-state index contributed by atoms with van der Waals surface area (Å²) < 4.78 is 0. The van der Waals surface area contributed by atoms with E-state index >= 15 is 0 Å². The molecule has 1 aromatic carbocycles.